The summed E-state index contributed by atoms with van der Waals surface area (Å²) in [7, 11) is 0. The maximum Gasteiger partial charge on any atom is 0.242 e. The Hall–Kier alpha value is -2.02. The molecule has 26 heavy (non-hydrogen) atoms. The summed E-state index contributed by atoms with van der Waals surface area (Å²) in [4.78, 5) is 38.9. The van der Waals surface area contributed by atoms with Gasteiger partial charge in [0.15, 0.2) is 0 Å². The maximum atomic E-state index is 12.7. The number of amides is 3. The average molecular weight is 378 g/mol. The first-order valence-electron chi connectivity index (χ1n) is 8.87. The lowest BCUT2D eigenvalue weighted by atomic mass is 10.1. The summed E-state index contributed by atoms with van der Waals surface area (Å²) in [6, 6.07) is 8.77. The summed E-state index contributed by atoms with van der Waals surface area (Å²) in [5, 5.41) is 5.70. The second kappa shape index (κ2) is 9.62. The van der Waals surface area contributed by atoms with Crippen molar-refractivity contribution in [3.8, 4) is 0 Å². The molecular formula is C19H27N3O3S. The normalized spacial score (nSPS) is 18.1. The SMILES string of the molecule is CSCC[C@H](NC(=O)C1CC(=O)N(c2ccccc2)C1)C(=O)NC(C)C. The lowest BCUT2D eigenvalue weighted by Crippen LogP contribution is -2.50. The van der Waals surface area contributed by atoms with Gasteiger partial charge in [0, 0.05) is 24.7 Å². The third-order valence-electron chi connectivity index (χ3n) is 4.24. The van der Waals surface area contributed by atoms with Crippen molar-refractivity contribution in [1.82, 2.24) is 10.6 Å². The van der Waals surface area contributed by atoms with E-state index in [9.17, 15) is 14.4 Å². The van der Waals surface area contributed by atoms with E-state index in [0.29, 0.717) is 13.0 Å². The van der Waals surface area contributed by atoms with E-state index in [-0.39, 0.29) is 30.2 Å². The van der Waals surface area contributed by atoms with Crippen molar-refractivity contribution in [3.63, 3.8) is 0 Å². The smallest absolute Gasteiger partial charge is 0.242 e. The fraction of sp³-hybridized carbons (Fsp3) is 0.526. The van der Waals surface area contributed by atoms with Crippen LogP contribution >= 0.6 is 11.8 Å². The van der Waals surface area contributed by atoms with Gasteiger partial charge >= 0.3 is 0 Å². The predicted molar refractivity (Wildman–Crippen MR) is 105 cm³/mol. The first kappa shape index (κ1) is 20.3. The molecule has 1 saturated heterocycles. The Morgan fingerprint density at radius 1 is 1.23 bits per heavy atom. The van der Waals surface area contributed by atoms with Crippen LogP contribution in [0.5, 0.6) is 0 Å². The Bertz CT molecular complexity index is 636. The van der Waals surface area contributed by atoms with E-state index in [2.05, 4.69) is 10.6 Å². The van der Waals surface area contributed by atoms with Crippen LogP contribution in [0.25, 0.3) is 0 Å². The standard InChI is InChI=1S/C19H27N3O3S/c1-13(2)20-19(25)16(9-10-26-3)21-18(24)14-11-17(23)22(12-14)15-7-5-4-6-8-15/h4-8,13-14,16H,9-12H2,1-3H3,(H,20,25)(H,21,24)/t14?,16-/m0/s1. The lowest BCUT2D eigenvalue weighted by molar-refractivity contribution is -0.131. The molecule has 1 heterocycles. The van der Waals surface area contributed by atoms with Crippen molar-refractivity contribution in [2.45, 2.75) is 38.8 Å². The zero-order valence-corrected chi connectivity index (χ0v) is 16.3. The number of hydrogen-bond donors (Lipinski definition) is 2. The summed E-state index contributed by atoms with van der Waals surface area (Å²) in [5.41, 5.74) is 0.796. The van der Waals surface area contributed by atoms with E-state index >= 15 is 0 Å². The van der Waals surface area contributed by atoms with Crippen LogP contribution in [0.2, 0.25) is 0 Å². The first-order chi connectivity index (χ1) is 12.4. The molecule has 1 unspecified atom stereocenters. The molecule has 0 aromatic heterocycles. The van der Waals surface area contributed by atoms with Gasteiger partial charge in [-0.15, -0.1) is 0 Å². The van der Waals surface area contributed by atoms with E-state index in [1.54, 1.807) is 16.7 Å². The minimum Gasteiger partial charge on any atom is -0.352 e. The average Bonchev–Trinajstić information content (AvgIpc) is 3.00. The van der Waals surface area contributed by atoms with Gasteiger partial charge in [0.05, 0.1) is 5.92 Å². The van der Waals surface area contributed by atoms with Crippen LogP contribution in [-0.2, 0) is 14.4 Å². The number of para-hydroxylation sites is 1. The molecular weight excluding hydrogens is 350 g/mol. The highest BCUT2D eigenvalue weighted by Gasteiger charge is 2.36. The summed E-state index contributed by atoms with van der Waals surface area (Å²) < 4.78 is 0. The number of nitrogens with zero attached hydrogens (tertiary/aromatic N) is 1. The van der Waals surface area contributed by atoms with E-state index < -0.39 is 12.0 Å². The van der Waals surface area contributed by atoms with E-state index in [1.807, 2.05) is 50.4 Å². The van der Waals surface area contributed by atoms with Gasteiger partial charge in [-0.3, -0.25) is 14.4 Å². The van der Waals surface area contributed by atoms with Gasteiger partial charge in [-0.1, -0.05) is 18.2 Å². The number of carbonyl (C=O) groups excluding carboxylic acids is 3. The fourth-order valence-corrected chi connectivity index (χ4v) is 3.39. The molecule has 3 amide bonds. The summed E-state index contributed by atoms with van der Waals surface area (Å²) >= 11 is 1.63. The number of hydrogen-bond acceptors (Lipinski definition) is 4. The Kier molecular flexibility index (Phi) is 7.50. The second-order valence-corrected chi connectivity index (χ2v) is 7.73. The Balaban J connectivity index is 2.00. The molecule has 1 aromatic carbocycles. The van der Waals surface area contributed by atoms with E-state index in [1.165, 1.54) is 0 Å². The van der Waals surface area contributed by atoms with Gasteiger partial charge in [-0.2, -0.15) is 11.8 Å². The number of carbonyl (C=O) groups is 3. The molecule has 2 rings (SSSR count). The Labute approximate surface area is 159 Å². The van der Waals surface area contributed by atoms with E-state index in [4.69, 9.17) is 0 Å². The highest BCUT2D eigenvalue weighted by molar-refractivity contribution is 7.98. The van der Waals surface area contributed by atoms with Gasteiger partial charge in [0.1, 0.15) is 6.04 Å². The number of rotatable bonds is 8. The Morgan fingerprint density at radius 2 is 1.92 bits per heavy atom. The molecule has 0 aliphatic carbocycles. The fourth-order valence-electron chi connectivity index (χ4n) is 2.92. The van der Waals surface area contributed by atoms with Crippen LogP contribution in [-0.4, -0.2) is 48.4 Å². The third kappa shape index (κ3) is 5.49. The molecule has 2 atom stereocenters. The summed E-state index contributed by atoms with van der Waals surface area (Å²) in [5.74, 6) is -0.140. The zero-order chi connectivity index (χ0) is 19.1. The minimum absolute atomic E-state index is 0.0119. The van der Waals surface area contributed by atoms with Crippen molar-refractivity contribution < 1.29 is 14.4 Å². The highest BCUT2D eigenvalue weighted by Crippen LogP contribution is 2.25. The van der Waals surface area contributed by atoms with Gasteiger partial charge in [-0.05, 0) is 44.4 Å². The summed E-state index contributed by atoms with van der Waals surface area (Å²) in [6.45, 7) is 4.12. The Morgan fingerprint density at radius 3 is 2.54 bits per heavy atom. The van der Waals surface area contributed by atoms with Gasteiger partial charge < -0.3 is 15.5 Å². The zero-order valence-electron chi connectivity index (χ0n) is 15.5. The molecule has 0 spiro atoms. The molecule has 0 radical (unpaired) electrons. The third-order valence-corrected chi connectivity index (χ3v) is 4.88. The summed E-state index contributed by atoms with van der Waals surface area (Å²) in [6.07, 6.45) is 2.70. The minimum atomic E-state index is -0.571. The van der Waals surface area contributed by atoms with Crippen molar-refractivity contribution in [1.29, 1.82) is 0 Å². The number of nitrogens with one attached hydrogen (secondary N) is 2. The predicted octanol–water partition coefficient (Wildman–Crippen LogP) is 1.80. The van der Waals surface area contributed by atoms with Crippen molar-refractivity contribution >= 4 is 35.2 Å². The lowest BCUT2D eigenvalue weighted by Gasteiger charge is -2.21. The largest absolute Gasteiger partial charge is 0.352 e. The quantitative estimate of drug-likeness (QED) is 0.724. The molecule has 0 bridgehead atoms. The molecule has 1 aliphatic rings. The number of thioether (sulfide) groups is 1. The molecule has 0 saturated carbocycles. The number of benzene rings is 1. The van der Waals surface area contributed by atoms with Crippen molar-refractivity contribution in [2.75, 3.05) is 23.5 Å². The van der Waals surface area contributed by atoms with Gasteiger partial charge in [-0.25, -0.2) is 0 Å². The van der Waals surface area contributed by atoms with Gasteiger partial charge in [0.2, 0.25) is 17.7 Å². The topological polar surface area (TPSA) is 78.5 Å². The molecule has 7 heteroatoms. The molecule has 142 valence electrons. The maximum absolute atomic E-state index is 12.7. The molecule has 1 aliphatic heterocycles. The number of anilines is 1. The first-order valence-corrected chi connectivity index (χ1v) is 10.3. The monoisotopic (exact) mass is 377 g/mol. The molecule has 1 aromatic rings. The van der Waals surface area contributed by atoms with Crippen molar-refractivity contribution in [2.24, 2.45) is 5.92 Å². The van der Waals surface area contributed by atoms with Crippen LogP contribution in [0.15, 0.2) is 30.3 Å². The van der Waals surface area contributed by atoms with Crippen LogP contribution in [0.4, 0.5) is 5.69 Å². The second-order valence-electron chi connectivity index (χ2n) is 6.75. The van der Waals surface area contributed by atoms with Crippen LogP contribution in [0, 0.1) is 5.92 Å². The van der Waals surface area contributed by atoms with Crippen LogP contribution in [0.3, 0.4) is 0 Å². The molecule has 2 N–H and O–H groups in total. The molecule has 6 nitrogen and oxygen atoms in total. The van der Waals surface area contributed by atoms with Crippen LogP contribution in [0.1, 0.15) is 26.7 Å². The van der Waals surface area contributed by atoms with Crippen LogP contribution < -0.4 is 15.5 Å². The highest BCUT2D eigenvalue weighted by atomic mass is 32.2. The van der Waals surface area contributed by atoms with E-state index in [0.717, 1.165) is 11.4 Å². The van der Waals surface area contributed by atoms with Crippen molar-refractivity contribution in [3.05, 3.63) is 30.3 Å². The van der Waals surface area contributed by atoms with Gasteiger partial charge in [0.25, 0.3) is 0 Å². The molecule has 1 fully saturated rings.